The SMILES string of the molecule is CC1=C(c2ccc(Cl)cc2)c2cc(Cl)c(OC(F)(F)F)cc2C1. The second kappa shape index (κ2) is 5.77. The molecule has 0 amide bonds. The van der Waals surface area contributed by atoms with E-state index in [1.165, 1.54) is 12.1 Å². The number of hydrogen-bond donors (Lipinski definition) is 0. The highest BCUT2D eigenvalue weighted by molar-refractivity contribution is 6.32. The maximum absolute atomic E-state index is 12.4. The fourth-order valence-corrected chi connectivity index (χ4v) is 3.13. The maximum atomic E-state index is 12.4. The van der Waals surface area contributed by atoms with Gasteiger partial charge < -0.3 is 4.74 Å². The number of ether oxygens (including phenoxy) is 1. The summed E-state index contributed by atoms with van der Waals surface area (Å²) in [5, 5.41) is 0.555. The quantitative estimate of drug-likeness (QED) is 0.614. The van der Waals surface area contributed by atoms with Crippen molar-refractivity contribution in [3.8, 4) is 5.75 Å². The molecule has 0 fully saturated rings. The number of fused-ring (bicyclic) bond motifs is 1. The summed E-state index contributed by atoms with van der Waals surface area (Å²) >= 11 is 11.9. The molecule has 1 nitrogen and oxygen atoms in total. The van der Waals surface area contributed by atoms with Gasteiger partial charge in [-0.3, -0.25) is 0 Å². The van der Waals surface area contributed by atoms with Gasteiger partial charge in [0.15, 0.2) is 0 Å². The molecule has 0 aromatic heterocycles. The molecule has 1 aliphatic rings. The van der Waals surface area contributed by atoms with Crippen molar-refractivity contribution in [3.05, 3.63) is 68.7 Å². The van der Waals surface area contributed by atoms with E-state index in [-0.39, 0.29) is 10.8 Å². The fraction of sp³-hybridized carbons (Fsp3) is 0.176. The van der Waals surface area contributed by atoms with Gasteiger partial charge in [0.25, 0.3) is 0 Å². The Kier molecular flexibility index (Phi) is 4.07. The largest absolute Gasteiger partial charge is 0.573 e. The Hall–Kier alpha value is -1.65. The zero-order valence-electron chi connectivity index (χ0n) is 12.0. The third-order valence-electron chi connectivity index (χ3n) is 3.67. The first-order valence-corrected chi connectivity index (χ1v) is 7.54. The average Bonchev–Trinajstić information content (AvgIpc) is 2.74. The van der Waals surface area contributed by atoms with Crippen molar-refractivity contribution in [1.29, 1.82) is 0 Å². The van der Waals surface area contributed by atoms with E-state index in [2.05, 4.69) is 4.74 Å². The Bertz CT molecular complexity index is 793. The first-order valence-electron chi connectivity index (χ1n) is 6.79. The minimum absolute atomic E-state index is 0.0674. The van der Waals surface area contributed by atoms with Crippen LogP contribution in [-0.4, -0.2) is 6.36 Å². The second-order valence-electron chi connectivity index (χ2n) is 5.33. The van der Waals surface area contributed by atoms with Crippen LogP contribution in [0.3, 0.4) is 0 Å². The molecule has 0 saturated carbocycles. The number of hydrogen-bond acceptors (Lipinski definition) is 1. The molecule has 120 valence electrons. The normalized spacial score (nSPS) is 14.2. The van der Waals surface area contributed by atoms with Crippen molar-refractivity contribution in [1.82, 2.24) is 0 Å². The molecule has 0 atom stereocenters. The molecule has 1 aliphatic carbocycles. The van der Waals surface area contributed by atoms with Crippen molar-refractivity contribution in [2.24, 2.45) is 0 Å². The molecule has 2 aromatic carbocycles. The van der Waals surface area contributed by atoms with Gasteiger partial charge in [-0.1, -0.05) is 40.9 Å². The Morgan fingerprint density at radius 2 is 1.70 bits per heavy atom. The third-order valence-corrected chi connectivity index (χ3v) is 4.22. The molecule has 23 heavy (non-hydrogen) atoms. The maximum Gasteiger partial charge on any atom is 0.573 e. The monoisotopic (exact) mass is 358 g/mol. The highest BCUT2D eigenvalue weighted by Gasteiger charge is 2.33. The van der Waals surface area contributed by atoms with Gasteiger partial charge in [0, 0.05) is 5.02 Å². The minimum Gasteiger partial charge on any atom is -0.404 e. The molecular weight excluding hydrogens is 348 g/mol. The van der Waals surface area contributed by atoms with Gasteiger partial charge in [0.05, 0.1) is 5.02 Å². The van der Waals surface area contributed by atoms with E-state index in [9.17, 15) is 13.2 Å². The van der Waals surface area contributed by atoms with E-state index in [1.54, 1.807) is 12.1 Å². The van der Waals surface area contributed by atoms with Crippen molar-refractivity contribution in [2.45, 2.75) is 19.7 Å². The van der Waals surface area contributed by atoms with Crippen molar-refractivity contribution >= 4 is 28.8 Å². The summed E-state index contributed by atoms with van der Waals surface area (Å²) in [5.74, 6) is -0.372. The number of alkyl halides is 3. The van der Waals surface area contributed by atoms with E-state index in [0.29, 0.717) is 11.4 Å². The van der Waals surface area contributed by atoms with Gasteiger partial charge in [-0.2, -0.15) is 0 Å². The summed E-state index contributed by atoms with van der Waals surface area (Å²) in [7, 11) is 0. The van der Waals surface area contributed by atoms with Crippen LogP contribution in [0.25, 0.3) is 5.57 Å². The van der Waals surface area contributed by atoms with E-state index in [4.69, 9.17) is 23.2 Å². The standard InChI is InChI=1S/C17H11Cl2F3O/c1-9-6-11-7-15(23-17(20,21)22)14(19)8-13(11)16(9)10-2-4-12(18)5-3-10/h2-5,7-8H,6H2,1H3. The summed E-state index contributed by atoms with van der Waals surface area (Å²) in [6.07, 6.45) is -4.21. The lowest BCUT2D eigenvalue weighted by Crippen LogP contribution is -2.17. The molecule has 6 heteroatoms. The van der Waals surface area contributed by atoms with Crippen LogP contribution in [0.1, 0.15) is 23.6 Å². The van der Waals surface area contributed by atoms with Crippen LogP contribution < -0.4 is 4.74 Å². The Morgan fingerprint density at radius 1 is 1.04 bits per heavy atom. The Balaban J connectivity index is 2.04. The van der Waals surface area contributed by atoms with Crippen LogP contribution in [0.4, 0.5) is 13.2 Å². The van der Waals surface area contributed by atoms with E-state index in [1.807, 2.05) is 19.1 Å². The summed E-state index contributed by atoms with van der Waals surface area (Å²) in [4.78, 5) is 0. The topological polar surface area (TPSA) is 9.23 Å². The second-order valence-corrected chi connectivity index (χ2v) is 6.17. The summed E-state index contributed by atoms with van der Waals surface area (Å²) in [6, 6.07) is 10.2. The predicted octanol–water partition coefficient (Wildman–Crippen LogP) is 6.27. The minimum atomic E-state index is -4.77. The van der Waals surface area contributed by atoms with Crippen LogP contribution in [0.5, 0.6) is 5.75 Å². The molecule has 0 aliphatic heterocycles. The van der Waals surface area contributed by atoms with Crippen LogP contribution >= 0.6 is 23.2 Å². The number of halogens is 5. The smallest absolute Gasteiger partial charge is 0.404 e. The van der Waals surface area contributed by atoms with Crippen LogP contribution in [0.15, 0.2) is 42.0 Å². The zero-order valence-corrected chi connectivity index (χ0v) is 13.5. The third kappa shape index (κ3) is 3.33. The molecule has 0 spiro atoms. The number of benzene rings is 2. The van der Waals surface area contributed by atoms with E-state index < -0.39 is 6.36 Å². The summed E-state index contributed by atoms with van der Waals surface area (Å²) < 4.78 is 41.3. The number of allylic oxidation sites excluding steroid dienone is 1. The van der Waals surface area contributed by atoms with Gasteiger partial charge in [-0.15, -0.1) is 13.2 Å². The molecule has 0 radical (unpaired) electrons. The summed E-state index contributed by atoms with van der Waals surface area (Å²) in [6.45, 7) is 1.95. The molecule has 2 aromatic rings. The molecular formula is C17H11Cl2F3O. The highest BCUT2D eigenvalue weighted by atomic mass is 35.5. The molecule has 0 saturated heterocycles. The average molecular weight is 359 g/mol. The molecule has 0 heterocycles. The van der Waals surface area contributed by atoms with Crippen molar-refractivity contribution in [3.63, 3.8) is 0 Å². The molecule has 0 N–H and O–H groups in total. The first-order chi connectivity index (χ1) is 10.7. The van der Waals surface area contributed by atoms with Crippen LogP contribution in [-0.2, 0) is 6.42 Å². The van der Waals surface area contributed by atoms with E-state index in [0.717, 1.165) is 27.8 Å². The fourth-order valence-electron chi connectivity index (χ4n) is 2.80. The van der Waals surface area contributed by atoms with E-state index >= 15 is 0 Å². The van der Waals surface area contributed by atoms with Crippen LogP contribution in [0, 0.1) is 0 Å². The highest BCUT2D eigenvalue weighted by Crippen LogP contribution is 2.42. The Labute approximate surface area is 141 Å². The lowest BCUT2D eigenvalue weighted by atomic mass is 9.98. The molecule has 3 rings (SSSR count). The first kappa shape index (κ1) is 16.2. The molecule has 0 bridgehead atoms. The lowest BCUT2D eigenvalue weighted by molar-refractivity contribution is -0.274. The van der Waals surface area contributed by atoms with Gasteiger partial charge in [-0.05, 0) is 59.9 Å². The lowest BCUT2D eigenvalue weighted by Gasteiger charge is -2.13. The van der Waals surface area contributed by atoms with Crippen LogP contribution in [0.2, 0.25) is 10.0 Å². The van der Waals surface area contributed by atoms with Crippen molar-refractivity contribution < 1.29 is 17.9 Å². The number of rotatable bonds is 2. The van der Waals surface area contributed by atoms with Crippen molar-refractivity contribution in [2.75, 3.05) is 0 Å². The zero-order chi connectivity index (χ0) is 16.8. The van der Waals surface area contributed by atoms with Gasteiger partial charge >= 0.3 is 6.36 Å². The van der Waals surface area contributed by atoms with Gasteiger partial charge in [-0.25, -0.2) is 0 Å². The van der Waals surface area contributed by atoms with Gasteiger partial charge in [0.1, 0.15) is 5.75 Å². The Morgan fingerprint density at radius 3 is 2.30 bits per heavy atom. The predicted molar refractivity (Wildman–Crippen MR) is 85.0 cm³/mol. The van der Waals surface area contributed by atoms with Gasteiger partial charge in [0.2, 0.25) is 0 Å². The summed E-state index contributed by atoms with van der Waals surface area (Å²) in [5.41, 5.74) is 4.56. The molecule has 0 unspecified atom stereocenters.